The Bertz CT molecular complexity index is 687. The number of rotatable bonds is 4. The number of hydrogen-bond acceptors (Lipinski definition) is 4. The Morgan fingerprint density at radius 2 is 1.92 bits per heavy atom. The number of guanidine groups is 1. The number of hydrogen-bond donors (Lipinski definition) is 1. The molecule has 6 nitrogen and oxygen atoms in total. The first-order valence-electron chi connectivity index (χ1n) is 8.41. The highest BCUT2D eigenvalue weighted by Crippen LogP contribution is 2.46. The monoisotopic (exact) mass is 475 g/mol. The van der Waals surface area contributed by atoms with Gasteiger partial charge in [-0.1, -0.05) is 19.9 Å². The van der Waals surface area contributed by atoms with Gasteiger partial charge in [0.25, 0.3) is 0 Å². The van der Waals surface area contributed by atoms with Crippen molar-refractivity contribution in [2.45, 2.75) is 39.8 Å². The molecule has 0 saturated carbocycles. The summed E-state index contributed by atoms with van der Waals surface area (Å²) in [6, 6.07) is 5.46. The highest BCUT2D eigenvalue weighted by Gasteiger charge is 2.53. The summed E-state index contributed by atoms with van der Waals surface area (Å²) in [7, 11) is 4.70. The van der Waals surface area contributed by atoms with Gasteiger partial charge in [-0.3, -0.25) is 4.99 Å². The number of nitrogens with one attached hydrogen (secondary N) is 1. The molecule has 0 aromatic heterocycles. The topological polar surface area (TPSA) is 63.2 Å². The van der Waals surface area contributed by atoms with Crippen LogP contribution in [0.3, 0.4) is 0 Å². The summed E-state index contributed by atoms with van der Waals surface area (Å²) in [4.78, 5) is 18.4. The van der Waals surface area contributed by atoms with Crippen molar-refractivity contribution >= 4 is 35.9 Å². The van der Waals surface area contributed by atoms with Crippen molar-refractivity contribution in [2.24, 2.45) is 10.4 Å². The van der Waals surface area contributed by atoms with Crippen LogP contribution in [0.1, 0.15) is 43.6 Å². The maximum atomic E-state index is 11.7. The number of aliphatic imine (C=N–C) groups is 1. The van der Waals surface area contributed by atoms with E-state index in [1.807, 2.05) is 12.1 Å². The SMILES string of the molecule is CN=C(NCc1ccc(C(=O)OC)c(OC)c1)N1CC(C)(C)C1(C)C.I. The number of likely N-dealkylation sites (tertiary alicyclic amines) is 1. The molecule has 1 aromatic rings. The van der Waals surface area contributed by atoms with Gasteiger partial charge in [-0.15, -0.1) is 24.0 Å². The van der Waals surface area contributed by atoms with Crippen molar-refractivity contribution in [1.29, 1.82) is 0 Å². The van der Waals surface area contributed by atoms with Gasteiger partial charge in [0.15, 0.2) is 5.96 Å². The molecule has 7 heteroatoms. The number of methoxy groups -OCH3 is 2. The summed E-state index contributed by atoms with van der Waals surface area (Å²) in [5.74, 6) is 0.976. The molecule has 0 aliphatic carbocycles. The van der Waals surface area contributed by atoms with Crippen LogP contribution in [0.5, 0.6) is 5.75 Å². The van der Waals surface area contributed by atoms with Crippen molar-refractivity contribution in [3.8, 4) is 5.75 Å². The van der Waals surface area contributed by atoms with Gasteiger partial charge in [0.1, 0.15) is 11.3 Å². The molecule has 1 N–H and O–H groups in total. The van der Waals surface area contributed by atoms with E-state index in [0.717, 1.165) is 18.1 Å². The standard InChI is InChI=1S/C19H29N3O3.HI/c1-18(2)12-22(19(18,3)4)17(20-5)21-11-13-8-9-14(16(23)25-7)15(10-13)24-6;/h8-10H,11-12H2,1-7H3,(H,20,21);1H. The molecule has 1 heterocycles. The second-order valence-electron chi connectivity index (χ2n) is 7.46. The molecule has 1 aliphatic heterocycles. The van der Waals surface area contributed by atoms with E-state index in [4.69, 9.17) is 9.47 Å². The Balaban J connectivity index is 0.00000338. The van der Waals surface area contributed by atoms with Gasteiger partial charge in [0, 0.05) is 31.1 Å². The second kappa shape index (κ2) is 8.45. The van der Waals surface area contributed by atoms with Crippen LogP contribution in [0.4, 0.5) is 0 Å². The van der Waals surface area contributed by atoms with E-state index in [2.05, 4.69) is 42.9 Å². The van der Waals surface area contributed by atoms with Crippen LogP contribution >= 0.6 is 24.0 Å². The lowest BCUT2D eigenvalue weighted by Gasteiger charge is -2.62. The fraction of sp³-hybridized carbons (Fsp3) is 0.579. The molecule has 1 saturated heterocycles. The quantitative estimate of drug-likeness (QED) is 0.314. The molecule has 1 fully saturated rings. The number of benzene rings is 1. The number of nitrogens with zero attached hydrogens (tertiary/aromatic N) is 2. The molecule has 2 rings (SSSR count). The predicted octanol–water partition coefficient (Wildman–Crippen LogP) is 3.30. The molecule has 0 bridgehead atoms. The Kier molecular flexibility index (Phi) is 7.33. The van der Waals surface area contributed by atoms with E-state index in [-0.39, 0.29) is 34.9 Å². The molecular weight excluding hydrogens is 445 g/mol. The van der Waals surface area contributed by atoms with E-state index >= 15 is 0 Å². The number of ether oxygens (including phenoxy) is 2. The average molecular weight is 475 g/mol. The minimum Gasteiger partial charge on any atom is -0.496 e. The first-order chi connectivity index (χ1) is 11.7. The Labute approximate surface area is 173 Å². The minimum atomic E-state index is -0.406. The van der Waals surface area contributed by atoms with Crippen molar-refractivity contribution in [1.82, 2.24) is 10.2 Å². The third-order valence-electron chi connectivity index (χ3n) is 5.47. The van der Waals surface area contributed by atoms with Gasteiger partial charge in [-0.2, -0.15) is 0 Å². The molecule has 1 aliphatic rings. The molecular formula is C19H30IN3O3. The lowest BCUT2D eigenvalue weighted by molar-refractivity contribution is -0.0667. The number of carbonyl (C=O) groups is 1. The molecule has 0 unspecified atom stereocenters. The normalized spacial score (nSPS) is 17.7. The zero-order valence-corrected chi connectivity index (χ0v) is 19.0. The predicted molar refractivity (Wildman–Crippen MR) is 115 cm³/mol. The second-order valence-corrected chi connectivity index (χ2v) is 7.46. The van der Waals surface area contributed by atoms with Gasteiger partial charge < -0.3 is 19.7 Å². The summed E-state index contributed by atoms with van der Waals surface area (Å²) in [5.41, 5.74) is 1.71. The summed E-state index contributed by atoms with van der Waals surface area (Å²) < 4.78 is 10.1. The van der Waals surface area contributed by atoms with Crippen LogP contribution < -0.4 is 10.1 Å². The molecule has 1 aromatic carbocycles. The van der Waals surface area contributed by atoms with E-state index < -0.39 is 5.97 Å². The first-order valence-corrected chi connectivity index (χ1v) is 8.41. The van der Waals surface area contributed by atoms with Gasteiger partial charge >= 0.3 is 5.97 Å². The zero-order chi connectivity index (χ0) is 18.8. The van der Waals surface area contributed by atoms with E-state index in [9.17, 15) is 4.79 Å². The summed E-state index contributed by atoms with van der Waals surface area (Å²) >= 11 is 0. The molecule has 26 heavy (non-hydrogen) atoms. The molecule has 0 amide bonds. The van der Waals surface area contributed by atoms with Crippen molar-refractivity contribution in [2.75, 3.05) is 27.8 Å². The number of esters is 1. The Hall–Kier alpha value is -1.51. The van der Waals surface area contributed by atoms with Crippen LogP contribution in [0.15, 0.2) is 23.2 Å². The summed E-state index contributed by atoms with van der Waals surface area (Å²) in [6.45, 7) is 10.6. The van der Waals surface area contributed by atoms with Gasteiger partial charge in [-0.25, -0.2) is 4.79 Å². The van der Waals surface area contributed by atoms with Crippen LogP contribution in [0.2, 0.25) is 0 Å². The van der Waals surface area contributed by atoms with Crippen LogP contribution in [0.25, 0.3) is 0 Å². The fourth-order valence-electron chi connectivity index (χ4n) is 3.00. The maximum Gasteiger partial charge on any atom is 0.341 e. The highest BCUT2D eigenvalue weighted by molar-refractivity contribution is 14.0. The van der Waals surface area contributed by atoms with E-state index in [0.29, 0.717) is 17.9 Å². The van der Waals surface area contributed by atoms with Crippen molar-refractivity contribution in [3.05, 3.63) is 29.3 Å². The third kappa shape index (κ3) is 4.07. The number of halogens is 1. The maximum absolute atomic E-state index is 11.7. The van der Waals surface area contributed by atoms with E-state index in [1.165, 1.54) is 7.11 Å². The van der Waals surface area contributed by atoms with Crippen LogP contribution in [0, 0.1) is 5.41 Å². The van der Waals surface area contributed by atoms with Crippen LogP contribution in [-0.4, -0.2) is 50.2 Å². The van der Waals surface area contributed by atoms with Gasteiger partial charge in [0.05, 0.1) is 14.2 Å². The largest absolute Gasteiger partial charge is 0.496 e. The molecule has 146 valence electrons. The average Bonchev–Trinajstić information content (AvgIpc) is 2.60. The first kappa shape index (κ1) is 22.5. The van der Waals surface area contributed by atoms with Gasteiger partial charge in [-0.05, 0) is 31.5 Å². The minimum absolute atomic E-state index is 0. The highest BCUT2D eigenvalue weighted by atomic mass is 127. The summed E-state index contributed by atoms with van der Waals surface area (Å²) in [5, 5.41) is 3.40. The lowest BCUT2D eigenvalue weighted by atomic mass is 9.65. The fourth-order valence-corrected chi connectivity index (χ4v) is 3.00. The van der Waals surface area contributed by atoms with Gasteiger partial charge in [0.2, 0.25) is 0 Å². The summed E-state index contributed by atoms with van der Waals surface area (Å²) in [6.07, 6.45) is 0. The molecule has 0 atom stereocenters. The lowest BCUT2D eigenvalue weighted by Crippen LogP contribution is -2.72. The number of carbonyl (C=O) groups excluding carboxylic acids is 1. The smallest absolute Gasteiger partial charge is 0.341 e. The van der Waals surface area contributed by atoms with Crippen LogP contribution in [-0.2, 0) is 11.3 Å². The Morgan fingerprint density at radius 3 is 2.38 bits per heavy atom. The zero-order valence-electron chi connectivity index (χ0n) is 16.7. The van der Waals surface area contributed by atoms with Crippen molar-refractivity contribution in [3.63, 3.8) is 0 Å². The van der Waals surface area contributed by atoms with E-state index in [1.54, 1.807) is 20.2 Å². The molecule has 0 spiro atoms. The van der Waals surface area contributed by atoms with Crippen molar-refractivity contribution < 1.29 is 14.3 Å². The molecule has 0 radical (unpaired) electrons. The Morgan fingerprint density at radius 1 is 1.27 bits per heavy atom. The third-order valence-corrected chi connectivity index (χ3v) is 5.47.